The van der Waals surface area contributed by atoms with Gasteiger partial charge in [0.25, 0.3) is 0 Å². The van der Waals surface area contributed by atoms with Crippen LogP contribution in [0.4, 0.5) is 5.69 Å². The number of hydrogen-bond acceptors (Lipinski definition) is 4. The van der Waals surface area contributed by atoms with Crippen LogP contribution in [0.2, 0.25) is 0 Å². The van der Waals surface area contributed by atoms with E-state index in [1.165, 1.54) is 23.2 Å². The number of anilines is 1. The van der Waals surface area contributed by atoms with Crippen molar-refractivity contribution in [2.45, 2.75) is 26.3 Å². The minimum absolute atomic E-state index is 0.320. The molecule has 22 heavy (non-hydrogen) atoms. The van der Waals surface area contributed by atoms with Crippen LogP contribution < -0.4 is 4.90 Å². The third-order valence-corrected chi connectivity index (χ3v) is 3.99. The van der Waals surface area contributed by atoms with Gasteiger partial charge in [-0.2, -0.15) is 5.10 Å². The van der Waals surface area contributed by atoms with Crippen LogP contribution in [-0.4, -0.2) is 35.9 Å². The fraction of sp³-hybridized carbons (Fsp3) is 0.412. The molecule has 0 amide bonds. The van der Waals surface area contributed by atoms with Crippen LogP contribution in [-0.2, 0) is 17.7 Å². The molecule has 1 aromatic heterocycles. The Hall–Kier alpha value is -2.30. The van der Waals surface area contributed by atoms with Crippen molar-refractivity contribution < 1.29 is 9.53 Å². The second kappa shape index (κ2) is 6.22. The fourth-order valence-corrected chi connectivity index (χ4v) is 2.86. The largest absolute Gasteiger partial charge is 0.462 e. The van der Waals surface area contributed by atoms with Crippen LogP contribution in [0.25, 0.3) is 0 Å². The molecule has 0 fully saturated rings. The minimum Gasteiger partial charge on any atom is -0.462 e. The SMILES string of the molecule is CCOC(=O)c1cnn(Cc2ccc3c(c2)N(C)CCC3)c1. The Balaban J connectivity index is 1.76. The molecule has 0 spiro atoms. The lowest BCUT2D eigenvalue weighted by Crippen LogP contribution is -2.24. The maximum atomic E-state index is 11.7. The molecule has 116 valence electrons. The van der Waals surface area contributed by atoms with Crippen LogP contribution >= 0.6 is 0 Å². The van der Waals surface area contributed by atoms with Gasteiger partial charge >= 0.3 is 5.97 Å². The number of carbonyl (C=O) groups excluding carboxylic acids is 1. The van der Waals surface area contributed by atoms with E-state index in [9.17, 15) is 4.79 Å². The zero-order valence-electron chi connectivity index (χ0n) is 13.1. The molecule has 0 atom stereocenters. The van der Waals surface area contributed by atoms with Crippen LogP contribution in [0, 0.1) is 0 Å². The first-order chi connectivity index (χ1) is 10.7. The monoisotopic (exact) mass is 299 g/mol. The molecule has 0 bridgehead atoms. The summed E-state index contributed by atoms with van der Waals surface area (Å²) in [6.45, 7) is 3.93. The van der Waals surface area contributed by atoms with Gasteiger partial charge in [-0.3, -0.25) is 4.68 Å². The molecule has 5 nitrogen and oxygen atoms in total. The normalized spacial score (nSPS) is 13.8. The predicted octanol–water partition coefficient (Wildman–Crippen LogP) is 2.49. The topological polar surface area (TPSA) is 47.4 Å². The molecule has 0 aliphatic carbocycles. The average molecular weight is 299 g/mol. The van der Waals surface area contributed by atoms with Crippen molar-refractivity contribution in [1.82, 2.24) is 9.78 Å². The molecule has 0 unspecified atom stereocenters. The first-order valence-electron chi connectivity index (χ1n) is 7.70. The van der Waals surface area contributed by atoms with Crippen molar-refractivity contribution >= 4 is 11.7 Å². The zero-order valence-corrected chi connectivity index (χ0v) is 13.1. The molecule has 2 heterocycles. The average Bonchev–Trinajstić information content (AvgIpc) is 2.97. The number of carbonyl (C=O) groups is 1. The van der Waals surface area contributed by atoms with Crippen molar-refractivity contribution in [3.63, 3.8) is 0 Å². The van der Waals surface area contributed by atoms with Gasteiger partial charge in [-0.25, -0.2) is 4.79 Å². The summed E-state index contributed by atoms with van der Waals surface area (Å²) >= 11 is 0. The Morgan fingerprint density at radius 3 is 3.09 bits per heavy atom. The molecule has 0 saturated carbocycles. The summed E-state index contributed by atoms with van der Waals surface area (Å²) in [4.78, 5) is 14.0. The van der Waals surface area contributed by atoms with E-state index in [0.29, 0.717) is 18.7 Å². The lowest BCUT2D eigenvalue weighted by Gasteiger charge is -2.28. The van der Waals surface area contributed by atoms with Gasteiger partial charge in [0, 0.05) is 25.5 Å². The summed E-state index contributed by atoms with van der Waals surface area (Å²) in [5.41, 5.74) is 4.40. The van der Waals surface area contributed by atoms with Crippen LogP contribution in [0.3, 0.4) is 0 Å². The Morgan fingerprint density at radius 1 is 1.41 bits per heavy atom. The van der Waals surface area contributed by atoms with E-state index >= 15 is 0 Å². The molecule has 0 radical (unpaired) electrons. The molecule has 5 heteroatoms. The summed E-state index contributed by atoms with van der Waals surface area (Å²) in [7, 11) is 2.13. The number of aromatic nitrogens is 2. The predicted molar refractivity (Wildman–Crippen MR) is 85.3 cm³/mol. The van der Waals surface area contributed by atoms with Crippen molar-refractivity contribution in [2.24, 2.45) is 0 Å². The fourth-order valence-electron chi connectivity index (χ4n) is 2.86. The highest BCUT2D eigenvalue weighted by Gasteiger charge is 2.14. The molecule has 0 saturated heterocycles. The Bertz CT molecular complexity index is 678. The number of ether oxygens (including phenoxy) is 1. The third-order valence-electron chi connectivity index (χ3n) is 3.99. The molecule has 3 rings (SSSR count). The number of benzene rings is 1. The standard InChI is InChI=1S/C17H21N3O2/c1-3-22-17(21)15-10-18-20(12-15)11-13-6-7-14-5-4-8-19(2)16(14)9-13/h6-7,9-10,12H,3-5,8,11H2,1-2H3. The van der Waals surface area contributed by atoms with E-state index in [1.54, 1.807) is 24.0 Å². The lowest BCUT2D eigenvalue weighted by molar-refractivity contribution is 0.0526. The molecule has 2 aromatic rings. The van der Waals surface area contributed by atoms with Crippen molar-refractivity contribution in [1.29, 1.82) is 0 Å². The van der Waals surface area contributed by atoms with E-state index in [0.717, 1.165) is 13.0 Å². The molecule has 0 N–H and O–H groups in total. The van der Waals surface area contributed by atoms with Gasteiger partial charge in [0.1, 0.15) is 0 Å². The zero-order chi connectivity index (χ0) is 15.5. The van der Waals surface area contributed by atoms with E-state index in [2.05, 4.69) is 35.2 Å². The second-order valence-corrected chi connectivity index (χ2v) is 5.64. The quantitative estimate of drug-likeness (QED) is 0.814. The number of rotatable bonds is 4. The number of fused-ring (bicyclic) bond motifs is 1. The Morgan fingerprint density at radius 2 is 2.27 bits per heavy atom. The maximum Gasteiger partial charge on any atom is 0.341 e. The van der Waals surface area contributed by atoms with Gasteiger partial charge in [0.15, 0.2) is 0 Å². The highest BCUT2D eigenvalue weighted by molar-refractivity contribution is 5.88. The first-order valence-corrected chi connectivity index (χ1v) is 7.70. The molecule has 1 aliphatic heterocycles. The maximum absolute atomic E-state index is 11.7. The van der Waals surface area contributed by atoms with Gasteiger partial charge in [-0.05, 0) is 37.0 Å². The van der Waals surface area contributed by atoms with Gasteiger partial charge in [0.05, 0.1) is 24.9 Å². The van der Waals surface area contributed by atoms with Crippen LogP contribution in [0.1, 0.15) is 34.8 Å². The Labute approximate surface area is 130 Å². The molecule has 1 aliphatic rings. The van der Waals surface area contributed by atoms with E-state index in [1.807, 2.05) is 0 Å². The van der Waals surface area contributed by atoms with Crippen LogP contribution in [0.15, 0.2) is 30.6 Å². The molecule has 1 aromatic carbocycles. The summed E-state index contributed by atoms with van der Waals surface area (Å²) in [5, 5.41) is 4.25. The van der Waals surface area contributed by atoms with Gasteiger partial charge in [-0.15, -0.1) is 0 Å². The smallest absolute Gasteiger partial charge is 0.341 e. The van der Waals surface area contributed by atoms with E-state index in [4.69, 9.17) is 4.74 Å². The van der Waals surface area contributed by atoms with E-state index in [-0.39, 0.29) is 5.97 Å². The summed E-state index contributed by atoms with van der Waals surface area (Å²) < 4.78 is 6.76. The van der Waals surface area contributed by atoms with Crippen molar-refractivity contribution in [2.75, 3.05) is 25.1 Å². The Kier molecular flexibility index (Phi) is 4.13. The number of esters is 1. The lowest BCUT2D eigenvalue weighted by atomic mass is 10.00. The van der Waals surface area contributed by atoms with Crippen LogP contribution in [0.5, 0.6) is 0 Å². The minimum atomic E-state index is -0.320. The number of hydrogen-bond donors (Lipinski definition) is 0. The van der Waals surface area contributed by atoms with E-state index < -0.39 is 0 Å². The molecular weight excluding hydrogens is 278 g/mol. The highest BCUT2D eigenvalue weighted by Crippen LogP contribution is 2.27. The third kappa shape index (κ3) is 2.98. The summed E-state index contributed by atoms with van der Waals surface area (Å²) in [6, 6.07) is 6.57. The number of aryl methyl sites for hydroxylation is 1. The summed E-state index contributed by atoms with van der Waals surface area (Å²) in [6.07, 6.45) is 5.66. The van der Waals surface area contributed by atoms with Gasteiger partial charge in [0.2, 0.25) is 0 Å². The van der Waals surface area contributed by atoms with Crippen molar-refractivity contribution in [3.8, 4) is 0 Å². The second-order valence-electron chi connectivity index (χ2n) is 5.64. The van der Waals surface area contributed by atoms with Gasteiger partial charge < -0.3 is 9.64 Å². The molecular formula is C17H21N3O2. The van der Waals surface area contributed by atoms with Gasteiger partial charge in [-0.1, -0.05) is 12.1 Å². The summed E-state index contributed by atoms with van der Waals surface area (Å²) in [5.74, 6) is -0.320. The highest BCUT2D eigenvalue weighted by atomic mass is 16.5. The van der Waals surface area contributed by atoms with Crippen molar-refractivity contribution in [3.05, 3.63) is 47.3 Å². The number of nitrogens with zero attached hydrogens (tertiary/aromatic N) is 3. The first kappa shape index (κ1) is 14.6.